The van der Waals surface area contributed by atoms with Crippen molar-refractivity contribution < 1.29 is 14.3 Å². The second-order valence-electron chi connectivity index (χ2n) is 5.60. The second-order valence-corrected chi connectivity index (χ2v) is 6.68. The Kier molecular flexibility index (Phi) is 4.72. The minimum atomic E-state index is -0.370. The minimum Gasteiger partial charge on any atom is -0.486 e. The number of carbonyl (C=O) groups excluding carboxylic acids is 1. The van der Waals surface area contributed by atoms with Gasteiger partial charge in [0.05, 0.1) is 17.6 Å². The monoisotopic (exact) mass is 354 g/mol. The van der Waals surface area contributed by atoms with E-state index in [9.17, 15) is 4.79 Å². The molecule has 3 N–H and O–H groups in total. The van der Waals surface area contributed by atoms with Gasteiger partial charge in [-0.15, -0.1) is 11.3 Å². The van der Waals surface area contributed by atoms with Crippen LogP contribution in [-0.4, -0.2) is 18.9 Å². The van der Waals surface area contributed by atoms with Crippen molar-refractivity contribution in [2.75, 3.05) is 7.11 Å². The van der Waals surface area contributed by atoms with Crippen molar-refractivity contribution in [1.29, 1.82) is 5.41 Å². The van der Waals surface area contributed by atoms with Gasteiger partial charge in [0.25, 0.3) is 0 Å². The van der Waals surface area contributed by atoms with E-state index in [1.165, 1.54) is 18.4 Å². The standard InChI is InChI=1S/C19H18N2O3S/c1-11(12-4-3-5-14(8-12)19(22)23-2)24-15-7-6-13-9-17(18(20)21)25-16(13)10-15/h3-11H,1-2H3,(H3,20,21). The van der Waals surface area contributed by atoms with Crippen LogP contribution >= 0.6 is 11.3 Å². The van der Waals surface area contributed by atoms with Gasteiger partial charge in [-0.05, 0) is 54.3 Å². The predicted molar refractivity (Wildman–Crippen MR) is 99.7 cm³/mol. The highest BCUT2D eigenvalue weighted by atomic mass is 32.1. The van der Waals surface area contributed by atoms with Crippen LogP contribution in [0.25, 0.3) is 10.1 Å². The molecular formula is C19H18N2O3S. The molecule has 25 heavy (non-hydrogen) atoms. The summed E-state index contributed by atoms with van der Waals surface area (Å²) in [6, 6.07) is 14.9. The summed E-state index contributed by atoms with van der Waals surface area (Å²) in [4.78, 5) is 12.4. The lowest BCUT2D eigenvalue weighted by molar-refractivity contribution is 0.0600. The van der Waals surface area contributed by atoms with Crippen LogP contribution in [0.2, 0.25) is 0 Å². The maximum atomic E-state index is 11.7. The Labute approximate surface area is 149 Å². The molecule has 0 spiro atoms. The molecule has 0 fully saturated rings. The van der Waals surface area contributed by atoms with E-state index in [1.54, 1.807) is 12.1 Å². The lowest BCUT2D eigenvalue weighted by Gasteiger charge is -2.16. The van der Waals surface area contributed by atoms with E-state index in [0.29, 0.717) is 5.56 Å². The number of nitrogens with two attached hydrogens (primary N) is 1. The molecule has 0 aliphatic rings. The summed E-state index contributed by atoms with van der Waals surface area (Å²) in [5.74, 6) is 0.419. The number of esters is 1. The van der Waals surface area contributed by atoms with Gasteiger partial charge < -0.3 is 15.2 Å². The maximum absolute atomic E-state index is 11.7. The topological polar surface area (TPSA) is 85.4 Å². The zero-order valence-corrected chi connectivity index (χ0v) is 14.7. The van der Waals surface area contributed by atoms with Gasteiger partial charge in [0.15, 0.2) is 0 Å². The van der Waals surface area contributed by atoms with Crippen LogP contribution in [-0.2, 0) is 4.74 Å². The van der Waals surface area contributed by atoms with E-state index in [4.69, 9.17) is 20.6 Å². The predicted octanol–water partition coefficient (Wildman–Crippen LogP) is 4.11. The van der Waals surface area contributed by atoms with Crippen molar-refractivity contribution >= 4 is 33.2 Å². The first-order valence-electron chi connectivity index (χ1n) is 7.71. The van der Waals surface area contributed by atoms with Gasteiger partial charge in [0.2, 0.25) is 0 Å². The number of nitrogens with one attached hydrogen (secondary N) is 1. The van der Waals surface area contributed by atoms with Crippen LogP contribution in [0.15, 0.2) is 48.5 Å². The highest BCUT2D eigenvalue weighted by Crippen LogP contribution is 2.31. The molecule has 6 heteroatoms. The van der Waals surface area contributed by atoms with Gasteiger partial charge in [-0.2, -0.15) is 0 Å². The van der Waals surface area contributed by atoms with Crippen molar-refractivity contribution in [3.8, 4) is 5.75 Å². The summed E-state index contributed by atoms with van der Waals surface area (Å²) >= 11 is 1.46. The Morgan fingerprint density at radius 2 is 2.00 bits per heavy atom. The molecule has 1 heterocycles. The first-order valence-corrected chi connectivity index (χ1v) is 8.52. The van der Waals surface area contributed by atoms with Gasteiger partial charge in [-0.1, -0.05) is 12.1 Å². The molecule has 0 amide bonds. The molecule has 128 valence electrons. The minimum absolute atomic E-state index is 0.0664. The molecular weight excluding hydrogens is 336 g/mol. The summed E-state index contributed by atoms with van der Waals surface area (Å²) in [6.45, 7) is 1.93. The zero-order chi connectivity index (χ0) is 18.0. The molecule has 0 aliphatic heterocycles. The van der Waals surface area contributed by atoms with Crippen molar-refractivity contribution in [2.24, 2.45) is 5.73 Å². The van der Waals surface area contributed by atoms with Crippen LogP contribution < -0.4 is 10.5 Å². The lowest BCUT2D eigenvalue weighted by atomic mass is 10.1. The van der Waals surface area contributed by atoms with E-state index in [1.807, 2.05) is 43.3 Å². The molecule has 0 saturated heterocycles. The SMILES string of the molecule is COC(=O)c1cccc(C(C)Oc2ccc3cc(C(=N)N)sc3c2)c1. The summed E-state index contributed by atoms with van der Waals surface area (Å²) in [5.41, 5.74) is 6.93. The van der Waals surface area contributed by atoms with Crippen molar-refractivity contribution in [1.82, 2.24) is 0 Å². The zero-order valence-electron chi connectivity index (χ0n) is 13.9. The van der Waals surface area contributed by atoms with Crippen molar-refractivity contribution in [3.05, 3.63) is 64.5 Å². The third kappa shape index (κ3) is 3.64. The lowest BCUT2D eigenvalue weighted by Crippen LogP contribution is -2.08. The Morgan fingerprint density at radius 1 is 1.20 bits per heavy atom. The molecule has 1 aromatic heterocycles. The third-order valence-electron chi connectivity index (χ3n) is 3.85. The maximum Gasteiger partial charge on any atom is 0.337 e. The van der Waals surface area contributed by atoms with Gasteiger partial charge in [-0.3, -0.25) is 5.41 Å². The number of rotatable bonds is 5. The largest absolute Gasteiger partial charge is 0.486 e. The molecule has 1 atom stereocenters. The third-order valence-corrected chi connectivity index (χ3v) is 4.98. The van der Waals surface area contributed by atoms with Crippen LogP contribution in [0.3, 0.4) is 0 Å². The molecule has 5 nitrogen and oxygen atoms in total. The summed E-state index contributed by atoms with van der Waals surface area (Å²) in [7, 11) is 1.36. The number of amidine groups is 1. The first-order chi connectivity index (χ1) is 12.0. The highest BCUT2D eigenvalue weighted by Gasteiger charge is 2.12. The van der Waals surface area contributed by atoms with Gasteiger partial charge in [-0.25, -0.2) is 4.79 Å². The van der Waals surface area contributed by atoms with Crippen LogP contribution in [0.5, 0.6) is 5.75 Å². The Balaban J connectivity index is 1.83. The first kappa shape index (κ1) is 17.0. The van der Waals surface area contributed by atoms with Gasteiger partial charge >= 0.3 is 5.97 Å². The number of carbonyl (C=O) groups is 1. The molecule has 2 aromatic carbocycles. The number of hydrogen-bond acceptors (Lipinski definition) is 5. The van der Waals surface area contributed by atoms with Crippen molar-refractivity contribution in [2.45, 2.75) is 13.0 Å². The molecule has 1 unspecified atom stereocenters. The normalized spacial score (nSPS) is 11.9. The number of ether oxygens (including phenoxy) is 2. The van der Waals surface area contributed by atoms with Crippen molar-refractivity contribution in [3.63, 3.8) is 0 Å². The van der Waals surface area contributed by atoms with E-state index < -0.39 is 0 Å². The molecule has 0 radical (unpaired) electrons. The average Bonchev–Trinajstić information content (AvgIpc) is 3.04. The van der Waals surface area contributed by atoms with Crippen LogP contribution in [0.4, 0.5) is 0 Å². The van der Waals surface area contributed by atoms with Crippen LogP contribution in [0, 0.1) is 5.41 Å². The molecule has 0 saturated carbocycles. The van der Waals surface area contributed by atoms with Gasteiger partial charge in [0, 0.05) is 4.70 Å². The number of benzene rings is 2. The van der Waals surface area contributed by atoms with Crippen LogP contribution in [0.1, 0.15) is 33.8 Å². The smallest absolute Gasteiger partial charge is 0.337 e. The highest BCUT2D eigenvalue weighted by molar-refractivity contribution is 7.20. The van der Waals surface area contributed by atoms with Gasteiger partial charge in [0.1, 0.15) is 17.7 Å². The fraction of sp³-hybridized carbons (Fsp3) is 0.158. The fourth-order valence-corrected chi connectivity index (χ4v) is 3.48. The number of nitrogen functional groups attached to an aromatic ring is 1. The quantitative estimate of drug-likeness (QED) is 0.410. The van der Waals surface area contributed by atoms with E-state index in [-0.39, 0.29) is 17.9 Å². The number of fused-ring (bicyclic) bond motifs is 1. The Hall–Kier alpha value is -2.86. The Bertz CT molecular complexity index is 949. The second kappa shape index (κ2) is 6.94. The number of hydrogen-bond donors (Lipinski definition) is 2. The summed E-state index contributed by atoms with van der Waals surface area (Å²) < 4.78 is 11.8. The average molecular weight is 354 g/mol. The molecule has 3 aromatic rings. The summed E-state index contributed by atoms with van der Waals surface area (Å²) in [6.07, 6.45) is -0.228. The number of thiophene rings is 1. The van der Waals surface area contributed by atoms with E-state index in [2.05, 4.69) is 0 Å². The Morgan fingerprint density at radius 3 is 2.72 bits per heavy atom. The molecule has 0 aliphatic carbocycles. The molecule has 0 bridgehead atoms. The molecule has 3 rings (SSSR count). The fourth-order valence-electron chi connectivity index (χ4n) is 2.53. The number of methoxy groups -OCH3 is 1. The van der Waals surface area contributed by atoms with E-state index >= 15 is 0 Å². The summed E-state index contributed by atoms with van der Waals surface area (Å²) in [5, 5.41) is 8.57. The van der Waals surface area contributed by atoms with E-state index in [0.717, 1.165) is 26.3 Å².